The van der Waals surface area contributed by atoms with E-state index in [1.807, 2.05) is 17.7 Å². The second-order valence-corrected chi connectivity index (χ2v) is 11.0. The van der Waals surface area contributed by atoms with Crippen molar-refractivity contribution in [3.63, 3.8) is 0 Å². The molecule has 1 amide bonds. The van der Waals surface area contributed by atoms with Crippen molar-refractivity contribution in [3.05, 3.63) is 40.1 Å². The quantitative estimate of drug-likeness (QED) is 0.718. The molecule has 0 radical (unpaired) electrons. The molecule has 2 aliphatic heterocycles. The average Bonchev–Trinajstić information content (AvgIpc) is 3.02. The lowest BCUT2D eigenvalue weighted by atomic mass is 9.75. The molecule has 2 saturated heterocycles. The first kappa shape index (κ1) is 19.3. The molecule has 1 saturated carbocycles. The number of hydrogen-bond acceptors (Lipinski definition) is 4. The maximum Gasteiger partial charge on any atom is 0.230 e. The number of nitrogens with zero attached hydrogens (tertiary/aromatic N) is 4. The van der Waals surface area contributed by atoms with Gasteiger partial charge < -0.3 is 9.47 Å². The molecule has 156 valence electrons. The lowest BCUT2D eigenvalue weighted by Crippen LogP contribution is -2.40. The molecule has 0 N–H and O–H groups in total. The predicted molar refractivity (Wildman–Crippen MR) is 116 cm³/mol. The van der Waals surface area contributed by atoms with E-state index in [2.05, 4.69) is 53.5 Å². The van der Waals surface area contributed by atoms with Crippen molar-refractivity contribution in [2.45, 2.75) is 58.5 Å². The summed E-state index contributed by atoms with van der Waals surface area (Å²) >= 11 is 1.87. The van der Waals surface area contributed by atoms with Crippen molar-refractivity contribution in [1.82, 2.24) is 19.4 Å². The summed E-state index contributed by atoms with van der Waals surface area (Å²) in [5, 5.41) is 0. The summed E-state index contributed by atoms with van der Waals surface area (Å²) in [7, 11) is 0. The topological polar surface area (TPSA) is 41.4 Å². The molecule has 2 atom stereocenters. The first-order chi connectivity index (χ1) is 13.9. The maximum absolute atomic E-state index is 13.7. The van der Waals surface area contributed by atoms with E-state index >= 15 is 0 Å². The van der Waals surface area contributed by atoms with Crippen LogP contribution in [0.2, 0.25) is 0 Å². The van der Waals surface area contributed by atoms with Gasteiger partial charge in [-0.2, -0.15) is 0 Å². The van der Waals surface area contributed by atoms with E-state index in [0.717, 1.165) is 50.8 Å². The molecule has 29 heavy (non-hydrogen) atoms. The number of imidazole rings is 1. The Balaban J connectivity index is 1.43. The lowest BCUT2D eigenvalue weighted by molar-refractivity contribution is -0.136. The van der Waals surface area contributed by atoms with Crippen molar-refractivity contribution >= 4 is 17.2 Å². The molecule has 3 fully saturated rings. The number of likely N-dealkylation sites (tertiary alicyclic amines) is 2. The number of carbonyl (C=O) groups is 1. The van der Waals surface area contributed by atoms with Gasteiger partial charge in [-0.1, -0.05) is 0 Å². The van der Waals surface area contributed by atoms with Gasteiger partial charge in [0.1, 0.15) is 0 Å². The number of aromatic nitrogens is 2. The minimum atomic E-state index is -0.294. The van der Waals surface area contributed by atoms with Crippen LogP contribution in [-0.4, -0.2) is 51.4 Å². The monoisotopic (exact) mass is 412 g/mol. The summed E-state index contributed by atoms with van der Waals surface area (Å²) in [6, 6.07) is 4.83. The van der Waals surface area contributed by atoms with E-state index in [1.165, 1.54) is 22.6 Å². The highest BCUT2D eigenvalue weighted by molar-refractivity contribution is 7.11. The minimum absolute atomic E-state index is 0.195. The van der Waals surface area contributed by atoms with Crippen molar-refractivity contribution in [2.24, 2.45) is 11.3 Å². The fourth-order valence-electron chi connectivity index (χ4n) is 5.22. The SMILES string of the molecule is Cc1ccc(CN2CC(c3cn(C(C)C)cn3)C3(CCN(CC4CC4)C3=O)C2)s1. The molecule has 3 aliphatic rings. The van der Waals surface area contributed by atoms with Gasteiger partial charge in [0, 0.05) is 60.6 Å². The molecule has 1 spiro atoms. The zero-order valence-electron chi connectivity index (χ0n) is 17.8. The van der Waals surface area contributed by atoms with E-state index in [4.69, 9.17) is 4.98 Å². The van der Waals surface area contributed by atoms with Crippen LogP contribution < -0.4 is 0 Å². The van der Waals surface area contributed by atoms with E-state index in [-0.39, 0.29) is 11.3 Å². The summed E-state index contributed by atoms with van der Waals surface area (Å²) in [5.74, 6) is 1.33. The zero-order valence-corrected chi connectivity index (χ0v) is 18.6. The molecule has 4 heterocycles. The largest absolute Gasteiger partial charge is 0.342 e. The van der Waals surface area contributed by atoms with Crippen LogP contribution in [0.3, 0.4) is 0 Å². The van der Waals surface area contributed by atoms with E-state index in [0.29, 0.717) is 11.9 Å². The van der Waals surface area contributed by atoms with Crippen LogP contribution in [0.25, 0.3) is 0 Å². The van der Waals surface area contributed by atoms with Gasteiger partial charge in [-0.25, -0.2) is 4.98 Å². The Morgan fingerprint density at radius 1 is 1.31 bits per heavy atom. The standard InChI is InChI=1S/C23H32N4OS/c1-16(2)27-13-21(24-15-27)20-12-25(11-19-7-4-17(3)29-19)14-23(20)8-9-26(22(23)28)10-18-5-6-18/h4,7,13,15-16,18,20H,5-6,8-12,14H2,1-3H3. The zero-order chi connectivity index (χ0) is 20.2. The fraction of sp³-hybridized carbons (Fsp3) is 0.652. The molecule has 0 aromatic carbocycles. The highest BCUT2D eigenvalue weighted by Crippen LogP contribution is 2.50. The Labute approximate surface area is 177 Å². The van der Waals surface area contributed by atoms with E-state index < -0.39 is 0 Å². The maximum atomic E-state index is 13.7. The smallest absolute Gasteiger partial charge is 0.230 e. The summed E-state index contributed by atoms with van der Waals surface area (Å²) in [6.07, 6.45) is 7.69. The Morgan fingerprint density at radius 3 is 2.79 bits per heavy atom. The van der Waals surface area contributed by atoms with Crippen molar-refractivity contribution < 1.29 is 4.79 Å². The molecular formula is C23H32N4OS. The Hall–Kier alpha value is -1.66. The molecule has 6 heteroatoms. The third kappa shape index (κ3) is 3.55. The van der Waals surface area contributed by atoms with Crippen LogP contribution in [0.15, 0.2) is 24.7 Å². The number of hydrogen-bond donors (Lipinski definition) is 0. The number of thiophene rings is 1. The van der Waals surface area contributed by atoms with Gasteiger partial charge >= 0.3 is 0 Å². The molecule has 5 rings (SSSR count). The van der Waals surface area contributed by atoms with Crippen molar-refractivity contribution in [2.75, 3.05) is 26.2 Å². The second kappa shape index (κ2) is 7.24. The minimum Gasteiger partial charge on any atom is -0.342 e. The van der Waals surface area contributed by atoms with Gasteiger partial charge in [-0.3, -0.25) is 9.69 Å². The first-order valence-corrected chi connectivity index (χ1v) is 11.9. The van der Waals surface area contributed by atoms with Crippen LogP contribution in [0.5, 0.6) is 0 Å². The van der Waals surface area contributed by atoms with Gasteiger partial charge in [0.25, 0.3) is 0 Å². The number of aryl methyl sites for hydroxylation is 1. The predicted octanol–water partition coefficient (Wildman–Crippen LogP) is 4.06. The number of carbonyl (C=O) groups excluding carboxylic acids is 1. The van der Waals surface area contributed by atoms with Gasteiger partial charge in [-0.15, -0.1) is 11.3 Å². The molecule has 5 nitrogen and oxygen atoms in total. The summed E-state index contributed by atoms with van der Waals surface area (Å²) in [5.41, 5.74) is 0.808. The molecule has 2 unspecified atom stereocenters. The first-order valence-electron chi connectivity index (χ1n) is 11.0. The highest BCUT2D eigenvalue weighted by Gasteiger charge is 2.58. The third-order valence-electron chi connectivity index (χ3n) is 7.08. The Morgan fingerprint density at radius 2 is 2.14 bits per heavy atom. The number of amides is 1. The van der Waals surface area contributed by atoms with Crippen LogP contribution >= 0.6 is 11.3 Å². The van der Waals surface area contributed by atoms with Gasteiger partial charge in [-0.05, 0) is 58.1 Å². The second-order valence-electron chi connectivity index (χ2n) is 9.67. The van der Waals surface area contributed by atoms with Gasteiger partial charge in [0.2, 0.25) is 5.91 Å². The van der Waals surface area contributed by atoms with Gasteiger partial charge in [0.05, 0.1) is 17.4 Å². The van der Waals surface area contributed by atoms with Crippen LogP contribution in [-0.2, 0) is 11.3 Å². The highest BCUT2D eigenvalue weighted by atomic mass is 32.1. The molecular weight excluding hydrogens is 380 g/mol. The summed E-state index contributed by atoms with van der Waals surface area (Å²) < 4.78 is 2.18. The summed E-state index contributed by atoms with van der Waals surface area (Å²) in [6.45, 7) is 11.1. The van der Waals surface area contributed by atoms with Gasteiger partial charge in [0.15, 0.2) is 0 Å². The third-order valence-corrected chi connectivity index (χ3v) is 8.07. The molecule has 0 bridgehead atoms. The van der Waals surface area contributed by atoms with E-state index in [9.17, 15) is 4.79 Å². The average molecular weight is 413 g/mol. The van der Waals surface area contributed by atoms with E-state index in [1.54, 1.807) is 0 Å². The van der Waals surface area contributed by atoms with Crippen molar-refractivity contribution in [3.8, 4) is 0 Å². The normalized spacial score (nSPS) is 27.8. The molecule has 2 aromatic heterocycles. The fourth-order valence-corrected chi connectivity index (χ4v) is 6.16. The lowest BCUT2D eigenvalue weighted by Gasteiger charge is -2.28. The Bertz CT molecular complexity index is 898. The van der Waals surface area contributed by atoms with Crippen LogP contribution in [0.4, 0.5) is 0 Å². The Kier molecular flexibility index (Phi) is 4.82. The number of rotatable bonds is 6. The van der Waals surface area contributed by atoms with Crippen LogP contribution in [0, 0.1) is 18.3 Å². The molecule has 2 aromatic rings. The van der Waals surface area contributed by atoms with Crippen molar-refractivity contribution in [1.29, 1.82) is 0 Å². The van der Waals surface area contributed by atoms with Crippen LogP contribution in [0.1, 0.15) is 60.5 Å². The summed E-state index contributed by atoms with van der Waals surface area (Å²) in [4.78, 5) is 25.9. The molecule has 1 aliphatic carbocycles.